The molecule has 158 valence electrons. The number of hydrogen-bond donors (Lipinski definition) is 0. The first-order valence-electron chi connectivity index (χ1n) is 10.1. The first-order valence-corrected chi connectivity index (χ1v) is 10.1. The van der Waals surface area contributed by atoms with Gasteiger partial charge in [-0.3, -0.25) is 4.79 Å². The number of benzene rings is 2. The molecule has 0 N–H and O–H groups in total. The lowest BCUT2D eigenvalue weighted by atomic mass is 10.1. The quantitative estimate of drug-likeness (QED) is 0.476. The third-order valence-corrected chi connectivity index (χ3v) is 5.35. The Bertz CT molecular complexity index is 1210. The van der Waals surface area contributed by atoms with Gasteiger partial charge in [0.1, 0.15) is 11.5 Å². The number of halogens is 1. The molecular weight excluding hydrogens is 393 g/mol. The molecule has 2 aromatic heterocycles. The summed E-state index contributed by atoms with van der Waals surface area (Å²) in [4.78, 5) is 14.6. The summed E-state index contributed by atoms with van der Waals surface area (Å²) in [5.41, 5.74) is 4.59. The number of aromatic nitrogens is 4. The molecule has 0 fully saturated rings. The number of carbonyl (C=O) groups excluding carboxylic acids is 1. The zero-order chi connectivity index (χ0) is 22.0. The van der Waals surface area contributed by atoms with E-state index >= 15 is 0 Å². The highest BCUT2D eigenvalue weighted by Gasteiger charge is 2.19. The van der Waals surface area contributed by atoms with Gasteiger partial charge in [0.05, 0.1) is 24.0 Å². The Morgan fingerprint density at radius 1 is 1.06 bits per heavy atom. The van der Waals surface area contributed by atoms with Crippen LogP contribution in [0.1, 0.15) is 22.5 Å². The van der Waals surface area contributed by atoms with Crippen molar-refractivity contribution >= 4 is 5.91 Å². The van der Waals surface area contributed by atoms with Crippen molar-refractivity contribution in [3.8, 4) is 11.4 Å². The van der Waals surface area contributed by atoms with Gasteiger partial charge in [0, 0.05) is 36.6 Å². The molecule has 0 unspecified atom stereocenters. The van der Waals surface area contributed by atoms with E-state index in [4.69, 9.17) is 0 Å². The molecule has 1 amide bonds. The standard InChI is InChI=1S/C24H24FN5O/c1-17-21(18(2)30(27-17)23-12-8-7-11-22(23)25)13-24(31)28(3)15-19-14-26-29(16-19)20-9-5-4-6-10-20/h4-12,14,16H,13,15H2,1-3H3. The van der Waals surface area contributed by atoms with E-state index in [2.05, 4.69) is 10.2 Å². The lowest BCUT2D eigenvalue weighted by Crippen LogP contribution is -2.28. The van der Waals surface area contributed by atoms with Gasteiger partial charge in [-0.15, -0.1) is 0 Å². The maximum Gasteiger partial charge on any atom is 0.227 e. The molecule has 0 radical (unpaired) electrons. The van der Waals surface area contributed by atoms with Crippen LogP contribution in [0.25, 0.3) is 11.4 Å². The van der Waals surface area contributed by atoms with Gasteiger partial charge >= 0.3 is 0 Å². The van der Waals surface area contributed by atoms with Gasteiger partial charge in [0.25, 0.3) is 0 Å². The molecule has 6 nitrogen and oxygen atoms in total. The number of aryl methyl sites for hydroxylation is 1. The normalized spacial score (nSPS) is 11.0. The number of likely N-dealkylation sites (N-methyl/N-ethyl adjacent to an activating group) is 1. The average molecular weight is 417 g/mol. The van der Waals surface area contributed by atoms with Gasteiger partial charge in [-0.2, -0.15) is 10.2 Å². The van der Waals surface area contributed by atoms with E-state index in [-0.39, 0.29) is 18.1 Å². The van der Waals surface area contributed by atoms with E-state index in [1.54, 1.807) is 45.7 Å². The van der Waals surface area contributed by atoms with Crippen LogP contribution in [0.4, 0.5) is 4.39 Å². The zero-order valence-electron chi connectivity index (χ0n) is 17.8. The third-order valence-electron chi connectivity index (χ3n) is 5.35. The van der Waals surface area contributed by atoms with Crippen LogP contribution >= 0.6 is 0 Å². The van der Waals surface area contributed by atoms with Crippen molar-refractivity contribution in [3.63, 3.8) is 0 Å². The molecule has 2 aromatic carbocycles. The predicted octanol–water partition coefficient (Wildman–Crippen LogP) is 4.02. The highest BCUT2D eigenvalue weighted by Crippen LogP contribution is 2.21. The largest absolute Gasteiger partial charge is 0.341 e. The second kappa shape index (κ2) is 8.55. The molecule has 0 spiro atoms. The number of carbonyl (C=O) groups is 1. The van der Waals surface area contributed by atoms with Crippen LogP contribution < -0.4 is 0 Å². The summed E-state index contributed by atoms with van der Waals surface area (Å²) in [5, 5.41) is 8.85. The van der Waals surface area contributed by atoms with Crippen molar-refractivity contribution in [2.24, 2.45) is 0 Å². The first kappa shape index (κ1) is 20.5. The molecule has 0 saturated heterocycles. The molecule has 31 heavy (non-hydrogen) atoms. The molecule has 0 bridgehead atoms. The smallest absolute Gasteiger partial charge is 0.227 e. The second-order valence-electron chi connectivity index (χ2n) is 7.57. The number of amides is 1. The van der Waals surface area contributed by atoms with Gasteiger partial charge in [0.15, 0.2) is 0 Å². The van der Waals surface area contributed by atoms with Crippen LogP contribution in [0.15, 0.2) is 67.0 Å². The summed E-state index contributed by atoms with van der Waals surface area (Å²) in [7, 11) is 1.77. The molecule has 4 aromatic rings. The Balaban J connectivity index is 1.48. The maximum absolute atomic E-state index is 14.2. The summed E-state index contributed by atoms with van der Waals surface area (Å²) < 4.78 is 17.6. The fourth-order valence-corrected chi connectivity index (χ4v) is 3.60. The second-order valence-corrected chi connectivity index (χ2v) is 7.57. The van der Waals surface area contributed by atoms with Crippen molar-refractivity contribution in [3.05, 3.63) is 95.3 Å². The molecule has 0 aliphatic rings. The monoisotopic (exact) mass is 417 g/mol. The van der Waals surface area contributed by atoms with Crippen LogP contribution in [0.2, 0.25) is 0 Å². The van der Waals surface area contributed by atoms with Crippen LogP contribution in [0, 0.1) is 19.7 Å². The van der Waals surface area contributed by atoms with Crippen molar-refractivity contribution in [1.82, 2.24) is 24.5 Å². The van der Waals surface area contributed by atoms with Gasteiger partial charge in [-0.1, -0.05) is 30.3 Å². The van der Waals surface area contributed by atoms with Crippen LogP contribution in [0.3, 0.4) is 0 Å². The Morgan fingerprint density at radius 3 is 2.52 bits per heavy atom. The number of hydrogen-bond acceptors (Lipinski definition) is 3. The molecule has 4 rings (SSSR count). The lowest BCUT2D eigenvalue weighted by molar-refractivity contribution is -0.129. The Morgan fingerprint density at radius 2 is 1.77 bits per heavy atom. The third kappa shape index (κ3) is 4.26. The Labute approximate surface area is 180 Å². The molecule has 0 saturated carbocycles. The van der Waals surface area contributed by atoms with Crippen LogP contribution in [-0.2, 0) is 17.8 Å². The predicted molar refractivity (Wildman–Crippen MR) is 117 cm³/mol. The summed E-state index contributed by atoms with van der Waals surface area (Å²) in [5.74, 6) is -0.384. The van der Waals surface area contributed by atoms with Gasteiger partial charge in [-0.25, -0.2) is 13.8 Å². The van der Waals surface area contributed by atoms with Gasteiger partial charge in [0.2, 0.25) is 5.91 Å². The van der Waals surface area contributed by atoms with Crippen molar-refractivity contribution < 1.29 is 9.18 Å². The molecule has 0 atom stereocenters. The number of rotatable bonds is 6. The van der Waals surface area contributed by atoms with Crippen molar-refractivity contribution in [1.29, 1.82) is 0 Å². The first-order chi connectivity index (χ1) is 14.9. The van der Waals surface area contributed by atoms with Crippen molar-refractivity contribution in [2.75, 3.05) is 7.05 Å². The van der Waals surface area contributed by atoms with E-state index in [1.807, 2.05) is 50.4 Å². The van der Waals surface area contributed by atoms with Gasteiger partial charge < -0.3 is 4.90 Å². The summed E-state index contributed by atoms with van der Waals surface area (Å²) in [6.07, 6.45) is 3.89. The fraction of sp³-hybridized carbons (Fsp3) is 0.208. The molecule has 7 heteroatoms. The zero-order valence-corrected chi connectivity index (χ0v) is 17.8. The number of nitrogens with zero attached hydrogens (tertiary/aromatic N) is 5. The maximum atomic E-state index is 14.2. The molecular formula is C24H24FN5O. The summed E-state index contributed by atoms with van der Waals surface area (Å²) in [6, 6.07) is 16.3. The number of para-hydroxylation sites is 2. The van der Waals surface area contributed by atoms with E-state index in [9.17, 15) is 9.18 Å². The molecule has 0 aliphatic heterocycles. The van der Waals surface area contributed by atoms with E-state index in [1.165, 1.54) is 6.07 Å². The minimum atomic E-state index is -0.349. The topological polar surface area (TPSA) is 56.0 Å². The Kier molecular flexibility index (Phi) is 5.66. The Hall–Kier alpha value is -3.74. The molecule has 2 heterocycles. The minimum absolute atomic E-state index is 0.0354. The van der Waals surface area contributed by atoms with Gasteiger partial charge in [-0.05, 0) is 38.1 Å². The molecule has 0 aliphatic carbocycles. The lowest BCUT2D eigenvalue weighted by Gasteiger charge is -2.16. The van der Waals surface area contributed by atoms with E-state index < -0.39 is 0 Å². The summed E-state index contributed by atoms with van der Waals surface area (Å²) in [6.45, 7) is 4.15. The average Bonchev–Trinajstić information content (AvgIpc) is 3.34. The van der Waals surface area contributed by atoms with Crippen LogP contribution in [-0.4, -0.2) is 37.4 Å². The SMILES string of the molecule is Cc1nn(-c2ccccc2F)c(C)c1CC(=O)N(C)Cc1cnn(-c2ccccc2)c1. The van der Waals surface area contributed by atoms with E-state index in [0.29, 0.717) is 12.2 Å². The van der Waals surface area contributed by atoms with Crippen LogP contribution in [0.5, 0.6) is 0 Å². The van der Waals surface area contributed by atoms with E-state index in [0.717, 1.165) is 28.2 Å². The highest BCUT2D eigenvalue weighted by molar-refractivity contribution is 5.79. The minimum Gasteiger partial charge on any atom is -0.341 e. The highest BCUT2D eigenvalue weighted by atomic mass is 19.1. The van der Waals surface area contributed by atoms with Crippen molar-refractivity contribution in [2.45, 2.75) is 26.8 Å². The fourth-order valence-electron chi connectivity index (χ4n) is 3.60. The summed E-state index contributed by atoms with van der Waals surface area (Å²) >= 11 is 0.